The van der Waals surface area contributed by atoms with Crippen LogP contribution in [-0.4, -0.2) is 36.0 Å². The summed E-state index contributed by atoms with van der Waals surface area (Å²) >= 11 is 0. The van der Waals surface area contributed by atoms with Gasteiger partial charge in [0, 0.05) is 31.3 Å². The smallest absolute Gasteiger partial charge is 0.292 e. The molecular formula is C18H20N4O4. The van der Waals surface area contributed by atoms with Gasteiger partial charge in [-0.2, -0.15) is 0 Å². The Hall–Kier alpha value is -3.16. The van der Waals surface area contributed by atoms with Gasteiger partial charge in [0.1, 0.15) is 11.4 Å². The van der Waals surface area contributed by atoms with Crippen molar-refractivity contribution in [3.05, 3.63) is 52.7 Å². The molecule has 26 heavy (non-hydrogen) atoms. The van der Waals surface area contributed by atoms with Gasteiger partial charge in [0.05, 0.1) is 12.0 Å². The molecule has 2 heterocycles. The highest BCUT2D eigenvalue weighted by Gasteiger charge is 2.28. The number of rotatable bonds is 5. The number of benzene rings is 1. The summed E-state index contributed by atoms with van der Waals surface area (Å²) in [5.74, 6) is 0.135. The maximum absolute atomic E-state index is 12.5. The number of nitro benzene ring substituents is 1. The summed E-state index contributed by atoms with van der Waals surface area (Å²) in [7, 11) is 1.50. The molecule has 0 spiro atoms. The van der Waals surface area contributed by atoms with E-state index in [0.29, 0.717) is 43.2 Å². The fourth-order valence-corrected chi connectivity index (χ4v) is 3.15. The van der Waals surface area contributed by atoms with E-state index < -0.39 is 0 Å². The van der Waals surface area contributed by atoms with E-state index in [9.17, 15) is 14.9 Å². The summed E-state index contributed by atoms with van der Waals surface area (Å²) in [6, 6.07) is 10.2. The quantitative estimate of drug-likeness (QED) is 0.653. The molecule has 0 bridgehead atoms. The lowest BCUT2D eigenvalue weighted by atomic mass is 9.95. The average Bonchev–Trinajstić information content (AvgIpc) is 2.68. The Morgan fingerprint density at radius 2 is 2.00 bits per heavy atom. The molecule has 1 N–H and O–H groups in total. The van der Waals surface area contributed by atoms with E-state index in [1.807, 2.05) is 4.90 Å². The monoisotopic (exact) mass is 356 g/mol. The fourth-order valence-electron chi connectivity index (χ4n) is 3.15. The highest BCUT2D eigenvalue weighted by molar-refractivity contribution is 5.93. The molecule has 1 aliphatic heterocycles. The second-order valence-electron chi connectivity index (χ2n) is 6.06. The third-order valence-corrected chi connectivity index (χ3v) is 4.51. The Bertz CT molecular complexity index is 803. The molecule has 0 unspecified atom stereocenters. The van der Waals surface area contributed by atoms with Gasteiger partial charge in [0.2, 0.25) is 11.8 Å². The number of aromatic nitrogens is 1. The molecule has 1 aliphatic rings. The van der Waals surface area contributed by atoms with Gasteiger partial charge in [0.25, 0.3) is 5.69 Å². The normalized spacial score (nSPS) is 14.7. The first kappa shape index (κ1) is 17.7. The lowest BCUT2D eigenvalue weighted by molar-refractivity contribution is -0.384. The number of amides is 1. The molecule has 0 atom stereocenters. The Balaban J connectivity index is 1.64. The number of methoxy groups -OCH3 is 1. The van der Waals surface area contributed by atoms with Crippen LogP contribution in [0.4, 0.5) is 17.1 Å². The van der Waals surface area contributed by atoms with Crippen molar-refractivity contribution >= 4 is 23.0 Å². The van der Waals surface area contributed by atoms with Crippen molar-refractivity contribution in [1.82, 2.24) is 4.98 Å². The first-order valence-electron chi connectivity index (χ1n) is 8.38. The Morgan fingerprint density at radius 3 is 2.69 bits per heavy atom. The molecule has 1 fully saturated rings. The Kier molecular flexibility index (Phi) is 5.31. The van der Waals surface area contributed by atoms with Gasteiger partial charge in [-0.25, -0.2) is 4.98 Å². The molecule has 8 nitrogen and oxygen atoms in total. The first-order valence-corrected chi connectivity index (χ1v) is 8.38. The van der Waals surface area contributed by atoms with Gasteiger partial charge in [-0.15, -0.1) is 0 Å². The maximum atomic E-state index is 12.5. The molecule has 8 heteroatoms. The second kappa shape index (κ2) is 7.81. The fraction of sp³-hybridized carbons (Fsp3) is 0.333. The molecule has 0 aliphatic carbocycles. The molecule has 1 aromatic carbocycles. The number of hydrogen-bond donors (Lipinski definition) is 1. The Labute approximate surface area is 150 Å². The molecule has 1 saturated heterocycles. The predicted octanol–water partition coefficient (Wildman–Crippen LogP) is 2.85. The topological polar surface area (TPSA) is 97.6 Å². The van der Waals surface area contributed by atoms with Crippen molar-refractivity contribution in [2.45, 2.75) is 12.8 Å². The number of nitrogens with zero attached hydrogens (tertiary/aromatic N) is 3. The summed E-state index contributed by atoms with van der Waals surface area (Å²) in [5, 5.41) is 14.1. The number of carbonyl (C=O) groups excluding carboxylic acids is 1. The van der Waals surface area contributed by atoms with Crippen molar-refractivity contribution in [3.63, 3.8) is 0 Å². The number of carbonyl (C=O) groups is 1. The van der Waals surface area contributed by atoms with Crippen molar-refractivity contribution in [2.24, 2.45) is 5.92 Å². The lowest BCUT2D eigenvalue weighted by Crippen LogP contribution is -2.38. The van der Waals surface area contributed by atoms with Crippen LogP contribution in [0.1, 0.15) is 12.8 Å². The minimum Gasteiger partial charge on any atom is -0.480 e. The number of para-hydroxylation sites is 2. The minimum atomic E-state index is -0.372. The van der Waals surface area contributed by atoms with Crippen LogP contribution in [0, 0.1) is 16.0 Å². The van der Waals surface area contributed by atoms with E-state index in [2.05, 4.69) is 10.3 Å². The summed E-state index contributed by atoms with van der Waals surface area (Å²) in [4.78, 5) is 29.4. The zero-order chi connectivity index (χ0) is 18.5. The number of piperidine rings is 1. The van der Waals surface area contributed by atoms with Crippen LogP contribution < -0.4 is 15.0 Å². The first-order chi connectivity index (χ1) is 12.6. The standard InChI is InChI=1S/C18H20N4O4/c1-26-18-14(5-4-10-19-18)20-17(23)13-8-11-21(12-9-13)15-6-2-3-7-16(15)22(24)25/h2-7,10,13H,8-9,11-12H2,1H3,(H,20,23). The number of nitro groups is 1. The van der Waals surface area contributed by atoms with Crippen molar-refractivity contribution in [1.29, 1.82) is 0 Å². The van der Waals surface area contributed by atoms with Crippen LogP contribution in [-0.2, 0) is 4.79 Å². The van der Waals surface area contributed by atoms with Crippen LogP contribution in [0.15, 0.2) is 42.6 Å². The number of anilines is 2. The summed E-state index contributed by atoms with van der Waals surface area (Å²) < 4.78 is 5.15. The predicted molar refractivity (Wildman–Crippen MR) is 97.5 cm³/mol. The van der Waals surface area contributed by atoms with E-state index >= 15 is 0 Å². The van der Waals surface area contributed by atoms with E-state index in [1.165, 1.54) is 13.2 Å². The van der Waals surface area contributed by atoms with Crippen LogP contribution in [0.3, 0.4) is 0 Å². The number of hydrogen-bond acceptors (Lipinski definition) is 6. The summed E-state index contributed by atoms with van der Waals surface area (Å²) in [6.45, 7) is 1.18. The summed E-state index contributed by atoms with van der Waals surface area (Å²) in [5.41, 5.74) is 1.24. The molecule has 2 aromatic rings. The molecule has 136 valence electrons. The number of ether oxygens (including phenoxy) is 1. The highest BCUT2D eigenvalue weighted by Crippen LogP contribution is 2.31. The molecular weight excluding hydrogens is 336 g/mol. The van der Waals surface area contributed by atoms with Crippen molar-refractivity contribution in [2.75, 3.05) is 30.4 Å². The Morgan fingerprint density at radius 1 is 1.27 bits per heavy atom. The van der Waals surface area contributed by atoms with Crippen LogP contribution in [0.25, 0.3) is 0 Å². The third kappa shape index (κ3) is 3.74. The largest absolute Gasteiger partial charge is 0.480 e. The van der Waals surface area contributed by atoms with E-state index in [-0.39, 0.29) is 22.4 Å². The van der Waals surface area contributed by atoms with Crippen LogP contribution >= 0.6 is 0 Å². The molecule has 1 aromatic heterocycles. The summed E-state index contributed by atoms with van der Waals surface area (Å²) in [6.07, 6.45) is 2.85. The number of nitrogens with one attached hydrogen (secondary N) is 1. The van der Waals surface area contributed by atoms with Gasteiger partial charge >= 0.3 is 0 Å². The van der Waals surface area contributed by atoms with Crippen molar-refractivity contribution in [3.8, 4) is 5.88 Å². The van der Waals surface area contributed by atoms with Gasteiger partial charge < -0.3 is 15.0 Å². The molecule has 1 amide bonds. The highest BCUT2D eigenvalue weighted by atomic mass is 16.6. The van der Waals surface area contributed by atoms with Gasteiger partial charge in [0.15, 0.2) is 0 Å². The zero-order valence-corrected chi connectivity index (χ0v) is 14.4. The molecule has 0 radical (unpaired) electrons. The minimum absolute atomic E-state index is 0.0847. The van der Waals surface area contributed by atoms with E-state index in [0.717, 1.165) is 0 Å². The van der Waals surface area contributed by atoms with Gasteiger partial charge in [-0.3, -0.25) is 14.9 Å². The zero-order valence-electron chi connectivity index (χ0n) is 14.4. The van der Waals surface area contributed by atoms with Crippen LogP contribution in [0.5, 0.6) is 5.88 Å². The van der Waals surface area contributed by atoms with Crippen molar-refractivity contribution < 1.29 is 14.5 Å². The SMILES string of the molecule is COc1ncccc1NC(=O)C1CCN(c2ccccc2[N+](=O)[O-])CC1. The lowest BCUT2D eigenvalue weighted by Gasteiger charge is -2.32. The van der Waals surface area contributed by atoms with Crippen LogP contribution in [0.2, 0.25) is 0 Å². The third-order valence-electron chi connectivity index (χ3n) is 4.51. The van der Waals surface area contributed by atoms with E-state index in [1.54, 1.807) is 36.5 Å². The van der Waals surface area contributed by atoms with Gasteiger partial charge in [-0.1, -0.05) is 12.1 Å². The molecule has 3 rings (SSSR count). The second-order valence-corrected chi connectivity index (χ2v) is 6.06. The molecule has 0 saturated carbocycles. The van der Waals surface area contributed by atoms with Gasteiger partial charge in [-0.05, 0) is 31.0 Å². The maximum Gasteiger partial charge on any atom is 0.292 e. The number of pyridine rings is 1. The van der Waals surface area contributed by atoms with E-state index in [4.69, 9.17) is 4.74 Å². The average molecular weight is 356 g/mol.